The fourth-order valence-corrected chi connectivity index (χ4v) is 4.06. The monoisotopic (exact) mass is 499 g/mol. The van der Waals surface area contributed by atoms with Gasteiger partial charge in [-0.1, -0.05) is 12.1 Å². The van der Waals surface area contributed by atoms with Crippen LogP contribution >= 0.6 is 0 Å². The summed E-state index contributed by atoms with van der Waals surface area (Å²) in [5, 5.41) is 13.8. The van der Waals surface area contributed by atoms with E-state index >= 15 is 0 Å². The Kier molecular flexibility index (Phi) is 6.46. The molecule has 0 fully saturated rings. The van der Waals surface area contributed by atoms with Crippen molar-refractivity contribution in [3.63, 3.8) is 0 Å². The number of nitrogens with zero attached hydrogens (tertiary/aromatic N) is 5. The third-order valence-corrected chi connectivity index (χ3v) is 5.89. The van der Waals surface area contributed by atoms with Crippen LogP contribution in [0.1, 0.15) is 0 Å². The van der Waals surface area contributed by atoms with Gasteiger partial charge in [-0.2, -0.15) is 5.10 Å². The van der Waals surface area contributed by atoms with Gasteiger partial charge in [0.05, 0.1) is 35.5 Å². The van der Waals surface area contributed by atoms with Crippen LogP contribution in [-0.4, -0.2) is 60.5 Å². The molecule has 0 radical (unpaired) electrons. The molecule has 10 heteroatoms. The van der Waals surface area contributed by atoms with Crippen molar-refractivity contribution >= 4 is 11.2 Å². The quantitative estimate of drug-likeness (QED) is 0.303. The van der Waals surface area contributed by atoms with E-state index in [-0.39, 0.29) is 0 Å². The second-order valence-electron chi connectivity index (χ2n) is 7.88. The van der Waals surface area contributed by atoms with E-state index in [0.717, 1.165) is 11.3 Å². The first-order valence-electron chi connectivity index (χ1n) is 11.3. The average Bonchev–Trinajstić information content (AvgIpc) is 3.35. The van der Waals surface area contributed by atoms with Gasteiger partial charge in [-0.25, -0.2) is 9.67 Å². The molecule has 37 heavy (non-hydrogen) atoms. The predicted molar refractivity (Wildman–Crippen MR) is 138 cm³/mol. The van der Waals surface area contributed by atoms with Crippen LogP contribution in [0.2, 0.25) is 0 Å². The second kappa shape index (κ2) is 10.0. The van der Waals surface area contributed by atoms with Gasteiger partial charge >= 0.3 is 0 Å². The van der Waals surface area contributed by atoms with E-state index in [2.05, 4.69) is 10.2 Å². The predicted octanol–water partition coefficient (Wildman–Crippen LogP) is 4.59. The fraction of sp³-hybridized carbons (Fsp3) is 0.185. The SMILES string of the molecule is COc1ccc(-c2nnc3c(n2)c(-c2cc(OC)c(OC)c(OC)c2)nn3-c2ccccc2OC)cc1. The lowest BCUT2D eigenvalue weighted by Gasteiger charge is -2.13. The first-order chi connectivity index (χ1) is 18.1. The highest BCUT2D eigenvalue weighted by molar-refractivity contribution is 5.90. The van der Waals surface area contributed by atoms with Gasteiger partial charge in [0.2, 0.25) is 11.4 Å². The summed E-state index contributed by atoms with van der Waals surface area (Å²) in [4.78, 5) is 4.88. The van der Waals surface area contributed by atoms with E-state index in [0.29, 0.717) is 56.9 Å². The van der Waals surface area contributed by atoms with E-state index in [1.54, 1.807) is 40.2 Å². The largest absolute Gasteiger partial charge is 0.497 e. The number of methoxy groups -OCH3 is 5. The molecule has 0 N–H and O–H groups in total. The average molecular weight is 500 g/mol. The van der Waals surface area contributed by atoms with E-state index in [1.807, 2.05) is 60.7 Å². The molecule has 0 saturated carbocycles. The van der Waals surface area contributed by atoms with Gasteiger partial charge in [-0.15, -0.1) is 10.2 Å². The second-order valence-corrected chi connectivity index (χ2v) is 7.88. The number of hydrogen-bond acceptors (Lipinski definition) is 9. The lowest BCUT2D eigenvalue weighted by atomic mass is 10.1. The summed E-state index contributed by atoms with van der Waals surface area (Å²) in [6.07, 6.45) is 0. The molecule has 5 rings (SSSR count). The van der Waals surface area contributed by atoms with Crippen LogP contribution in [-0.2, 0) is 0 Å². The Morgan fingerprint density at radius 3 is 1.95 bits per heavy atom. The lowest BCUT2D eigenvalue weighted by molar-refractivity contribution is 0.324. The maximum Gasteiger partial charge on any atom is 0.204 e. The highest BCUT2D eigenvalue weighted by atomic mass is 16.5. The first kappa shape index (κ1) is 23.9. The zero-order valence-electron chi connectivity index (χ0n) is 21.1. The molecule has 0 aliphatic rings. The van der Waals surface area contributed by atoms with Crippen LogP contribution in [0.3, 0.4) is 0 Å². The smallest absolute Gasteiger partial charge is 0.204 e. The maximum atomic E-state index is 5.58. The minimum absolute atomic E-state index is 0.448. The molecule has 0 saturated heterocycles. The molecule has 188 valence electrons. The number of aromatic nitrogens is 5. The van der Waals surface area contributed by atoms with Crippen LogP contribution < -0.4 is 23.7 Å². The summed E-state index contributed by atoms with van der Waals surface area (Å²) >= 11 is 0. The Hall–Kier alpha value is -4.86. The van der Waals surface area contributed by atoms with E-state index in [1.165, 1.54) is 0 Å². The van der Waals surface area contributed by atoms with E-state index in [9.17, 15) is 0 Å². The molecule has 0 amide bonds. The molecule has 0 bridgehead atoms. The molecule has 2 aromatic heterocycles. The molecule has 0 aliphatic carbocycles. The van der Waals surface area contributed by atoms with Gasteiger partial charge in [0.15, 0.2) is 17.3 Å². The molecule has 10 nitrogen and oxygen atoms in total. The zero-order chi connectivity index (χ0) is 25.9. The fourth-order valence-electron chi connectivity index (χ4n) is 4.06. The Morgan fingerprint density at radius 2 is 1.32 bits per heavy atom. The van der Waals surface area contributed by atoms with Crippen molar-refractivity contribution in [2.45, 2.75) is 0 Å². The number of benzene rings is 3. The third-order valence-electron chi connectivity index (χ3n) is 5.89. The minimum Gasteiger partial charge on any atom is -0.497 e. The molecule has 2 heterocycles. The normalized spacial score (nSPS) is 10.8. The molecule has 0 aliphatic heterocycles. The Balaban J connectivity index is 1.78. The highest BCUT2D eigenvalue weighted by Crippen LogP contribution is 2.42. The molecular weight excluding hydrogens is 474 g/mol. The van der Waals surface area contributed by atoms with Crippen LogP contribution in [0.15, 0.2) is 60.7 Å². The number of hydrogen-bond donors (Lipinski definition) is 0. The van der Waals surface area contributed by atoms with Crippen LogP contribution in [0, 0.1) is 0 Å². The van der Waals surface area contributed by atoms with E-state index in [4.69, 9.17) is 33.8 Å². The summed E-state index contributed by atoms with van der Waals surface area (Å²) in [5.74, 6) is 3.28. The molecule has 0 atom stereocenters. The van der Waals surface area contributed by atoms with Crippen LogP contribution in [0.25, 0.3) is 39.5 Å². The minimum atomic E-state index is 0.448. The molecular formula is C27H25N5O5. The number of rotatable bonds is 8. The van der Waals surface area contributed by atoms with Crippen molar-refractivity contribution in [3.8, 4) is 57.1 Å². The standard InChI is InChI=1S/C27H25N5O5/c1-33-18-12-10-16(11-13-18)26-28-24-23(17-14-21(35-3)25(37-5)22(15-17)36-4)31-32(27(24)30-29-26)19-8-6-7-9-20(19)34-2/h6-15H,1-5H3. The van der Waals surface area contributed by atoms with Gasteiger partial charge in [0, 0.05) is 11.1 Å². The van der Waals surface area contributed by atoms with Crippen molar-refractivity contribution in [2.24, 2.45) is 0 Å². The van der Waals surface area contributed by atoms with Gasteiger partial charge in [-0.05, 0) is 48.5 Å². The van der Waals surface area contributed by atoms with Crippen molar-refractivity contribution in [3.05, 3.63) is 60.7 Å². The number of ether oxygens (including phenoxy) is 5. The maximum absolute atomic E-state index is 5.58. The summed E-state index contributed by atoms with van der Waals surface area (Å²) < 4.78 is 29.2. The van der Waals surface area contributed by atoms with Gasteiger partial charge < -0.3 is 23.7 Å². The number of para-hydroxylation sites is 2. The number of fused-ring (bicyclic) bond motifs is 1. The summed E-state index contributed by atoms with van der Waals surface area (Å²) in [6, 6.07) is 18.6. The molecule has 3 aromatic carbocycles. The summed E-state index contributed by atoms with van der Waals surface area (Å²) in [7, 11) is 7.92. The molecule has 5 aromatic rings. The van der Waals surface area contributed by atoms with Crippen molar-refractivity contribution in [1.29, 1.82) is 0 Å². The highest BCUT2D eigenvalue weighted by Gasteiger charge is 2.23. The Labute approximate surface area is 213 Å². The van der Waals surface area contributed by atoms with Crippen molar-refractivity contribution in [2.75, 3.05) is 35.5 Å². The lowest BCUT2D eigenvalue weighted by Crippen LogP contribution is -2.02. The van der Waals surface area contributed by atoms with Gasteiger partial charge in [0.25, 0.3) is 0 Å². The van der Waals surface area contributed by atoms with Crippen molar-refractivity contribution in [1.82, 2.24) is 25.0 Å². The van der Waals surface area contributed by atoms with Gasteiger partial charge in [-0.3, -0.25) is 0 Å². The van der Waals surface area contributed by atoms with Crippen LogP contribution in [0.4, 0.5) is 0 Å². The first-order valence-corrected chi connectivity index (χ1v) is 11.3. The van der Waals surface area contributed by atoms with Crippen LogP contribution in [0.5, 0.6) is 28.7 Å². The van der Waals surface area contributed by atoms with Gasteiger partial charge in [0.1, 0.15) is 28.4 Å². The topological polar surface area (TPSA) is 103 Å². The molecule has 0 unspecified atom stereocenters. The summed E-state index contributed by atoms with van der Waals surface area (Å²) in [5.41, 5.74) is 3.75. The third kappa shape index (κ3) is 4.22. The molecule has 0 spiro atoms. The zero-order valence-corrected chi connectivity index (χ0v) is 21.1. The summed E-state index contributed by atoms with van der Waals surface area (Å²) in [6.45, 7) is 0. The van der Waals surface area contributed by atoms with Crippen molar-refractivity contribution < 1.29 is 23.7 Å². The Bertz CT molecular complexity index is 1540. The Morgan fingerprint density at radius 1 is 0.649 bits per heavy atom. The van der Waals surface area contributed by atoms with E-state index < -0.39 is 0 Å².